The largest absolute Gasteiger partial charge is 0.352 e. The number of fused-ring (bicyclic) bond motifs is 1. The number of para-hydroxylation sites is 1. The minimum atomic E-state index is -0.609. The van der Waals surface area contributed by atoms with Gasteiger partial charge in [-0.3, -0.25) is 9.59 Å². The summed E-state index contributed by atoms with van der Waals surface area (Å²) in [6.45, 7) is 2.21. The number of thioether (sulfide) groups is 1. The molecule has 0 unspecified atom stereocenters. The average molecular weight is 469 g/mol. The Hall–Kier alpha value is -2.83. The van der Waals surface area contributed by atoms with Gasteiger partial charge in [-0.15, -0.1) is 11.8 Å². The molecule has 4 nitrogen and oxygen atoms in total. The maximum absolute atomic E-state index is 14.3. The van der Waals surface area contributed by atoms with Crippen molar-refractivity contribution < 1.29 is 14.0 Å². The lowest BCUT2D eigenvalue weighted by Crippen LogP contribution is -2.47. The highest BCUT2D eigenvalue weighted by molar-refractivity contribution is 8.01. The Morgan fingerprint density at radius 1 is 1.09 bits per heavy atom. The normalized spacial score (nSPS) is 16.4. The lowest BCUT2D eigenvalue weighted by molar-refractivity contribution is -0.128. The van der Waals surface area contributed by atoms with Gasteiger partial charge in [0, 0.05) is 22.0 Å². The Morgan fingerprint density at radius 2 is 1.78 bits per heavy atom. The molecule has 1 N–H and O–H groups in total. The SMILES string of the molecule is C[C@H](C(=O)NCc1ccc(Cl)cc1)[C@@H]1Sc2ccccc2N(Cc2ccccc2F)C1=O. The van der Waals surface area contributed by atoms with E-state index in [-0.39, 0.29) is 24.2 Å². The molecule has 0 saturated carbocycles. The summed E-state index contributed by atoms with van der Waals surface area (Å²) >= 11 is 7.29. The fraction of sp³-hybridized carbons (Fsp3) is 0.200. The standard InChI is InChI=1S/C25H22ClFN2O2S/c1-16(24(30)28-14-17-10-12-19(26)13-11-17)23-25(31)29(15-18-6-2-3-7-20(18)27)21-8-4-5-9-22(21)32-23/h2-13,16,23H,14-15H2,1H3,(H,28,30)/t16-,23-/m0/s1. The first-order valence-corrected chi connectivity index (χ1v) is 11.5. The number of carbonyl (C=O) groups is 2. The van der Waals surface area contributed by atoms with Crippen molar-refractivity contribution in [3.8, 4) is 0 Å². The van der Waals surface area contributed by atoms with Crippen LogP contribution in [0, 0.1) is 11.7 Å². The zero-order valence-electron chi connectivity index (χ0n) is 17.4. The third kappa shape index (κ3) is 4.81. The van der Waals surface area contributed by atoms with Gasteiger partial charge in [0.2, 0.25) is 11.8 Å². The van der Waals surface area contributed by atoms with Crippen molar-refractivity contribution in [3.63, 3.8) is 0 Å². The first-order valence-electron chi connectivity index (χ1n) is 10.3. The number of carbonyl (C=O) groups excluding carboxylic acids is 2. The van der Waals surface area contributed by atoms with Gasteiger partial charge in [0.05, 0.1) is 18.2 Å². The molecule has 4 rings (SSSR count). The van der Waals surface area contributed by atoms with Crippen LogP contribution in [0.15, 0.2) is 77.7 Å². The Morgan fingerprint density at radius 3 is 2.53 bits per heavy atom. The van der Waals surface area contributed by atoms with Crippen molar-refractivity contribution in [2.24, 2.45) is 5.92 Å². The summed E-state index contributed by atoms with van der Waals surface area (Å²) in [4.78, 5) is 28.8. The van der Waals surface area contributed by atoms with E-state index in [4.69, 9.17) is 11.6 Å². The van der Waals surface area contributed by atoms with E-state index in [0.717, 1.165) is 16.1 Å². The number of anilines is 1. The second-order valence-corrected chi connectivity index (χ2v) is 9.27. The number of halogens is 2. The molecule has 0 radical (unpaired) electrons. The molecule has 2 atom stereocenters. The first-order chi connectivity index (χ1) is 15.4. The summed E-state index contributed by atoms with van der Waals surface area (Å²) in [5.74, 6) is -1.35. The van der Waals surface area contributed by atoms with E-state index in [9.17, 15) is 14.0 Å². The molecule has 1 heterocycles. The van der Waals surface area contributed by atoms with E-state index in [0.29, 0.717) is 17.1 Å². The third-order valence-corrected chi connectivity index (χ3v) is 7.17. The van der Waals surface area contributed by atoms with Crippen LogP contribution >= 0.6 is 23.4 Å². The number of hydrogen-bond donors (Lipinski definition) is 1. The zero-order chi connectivity index (χ0) is 22.7. The van der Waals surface area contributed by atoms with Gasteiger partial charge in [-0.05, 0) is 35.9 Å². The smallest absolute Gasteiger partial charge is 0.241 e. The summed E-state index contributed by atoms with van der Waals surface area (Å²) in [6, 6.07) is 21.2. The molecule has 0 aliphatic carbocycles. The van der Waals surface area contributed by atoms with Crippen molar-refractivity contribution in [2.45, 2.75) is 30.2 Å². The van der Waals surface area contributed by atoms with Crippen LogP contribution in [0.3, 0.4) is 0 Å². The maximum Gasteiger partial charge on any atom is 0.241 e. The quantitative estimate of drug-likeness (QED) is 0.524. The van der Waals surface area contributed by atoms with Gasteiger partial charge >= 0.3 is 0 Å². The fourth-order valence-electron chi connectivity index (χ4n) is 3.61. The van der Waals surface area contributed by atoms with Gasteiger partial charge in [0.1, 0.15) is 11.1 Å². The van der Waals surface area contributed by atoms with Gasteiger partial charge < -0.3 is 10.2 Å². The van der Waals surface area contributed by atoms with E-state index in [1.807, 2.05) is 36.4 Å². The van der Waals surface area contributed by atoms with Gasteiger partial charge in [0.25, 0.3) is 0 Å². The van der Waals surface area contributed by atoms with E-state index >= 15 is 0 Å². The van der Waals surface area contributed by atoms with Crippen LogP contribution in [-0.2, 0) is 22.7 Å². The molecule has 0 bridgehead atoms. The molecule has 0 fully saturated rings. The monoisotopic (exact) mass is 468 g/mol. The average Bonchev–Trinajstić information content (AvgIpc) is 2.81. The number of nitrogens with one attached hydrogen (secondary N) is 1. The minimum absolute atomic E-state index is 0.110. The van der Waals surface area contributed by atoms with Crippen LogP contribution in [0.5, 0.6) is 0 Å². The Kier molecular flexibility index (Phi) is 6.82. The highest BCUT2D eigenvalue weighted by Crippen LogP contribution is 2.42. The Bertz CT molecular complexity index is 1140. The Labute approximate surface area is 195 Å². The molecule has 2 amide bonds. The van der Waals surface area contributed by atoms with Crippen LogP contribution < -0.4 is 10.2 Å². The van der Waals surface area contributed by atoms with Crippen LogP contribution in [0.25, 0.3) is 0 Å². The van der Waals surface area contributed by atoms with E-state index in [1.54, 1.807) is 42.2 Å². The highest BCUT2D eigenvalue weighted by Gasteiger charge is 2.39. The molecule has 32 heavy (non-hydrogen) atoms. The van der Waals surface area contributed by atoms with Crippen molar-refractivity contribution >= 4 is 40.9 Å². The molecule has 3 aromatic rings. The summed E-state index contributed by atoms with van der Waals surface area (Å²) in [5, 5.41) is 2.93. The van der Waals surface area contributed by atoms with E-state index < -0.39 is 11.2 Å². The number of amides is 2. The molecule has 0 spiro atoms. The summed E-state index contributed by atoms with van der Waals surface area (Å²) < 4.78 is 14.3. The summed E-state index contributed by atoms with van der Waals surface area (Å²) in [5.41, 5.74) is 2.08. The molecule has 0 saturated heterocycles. The van der Waals surface area contributed by atoms with Crippen LogP contribution in [-0.4, -0.2) is 17.1 Å². The number of nitrogens with zero attached hydrogens (tertiary/aromatic N) is 1. The first kappa shape index (κ1) is 22.4. The van der Waals surface area contributed by atoms with Gasteiger partial charge in [-0.1, -0.05) is 61.0 Å². The van der Waals surface area contributed by atoms with Crippen molar-refractivity contribution in [2.75, 3.05) is 4.90 Å². The molecule has 7 heteroatoms. The lowest BCUT2D eigenvalue weighted by atomic mass is 10.0. The van der Waals surface area contributed by atoms with Crippen molar-refractivity contribution in [3.05, 3.63) is 94.8 Å². The van der Waals surface area contributed by atoms with E-state index in [1.165, 1.54) is 17.8 Å². The van der Waals surface area contributed by atoms with Crippen molar-refractivity contribution in [1.82, 2.24) is 5.32 Å². The second-order valence-electron chi connectivity index (χ2n) is 7.65. The predicted octanol–water partition coefficient (Wildman–Crippen LogP) is 5.44. The van der Waals surface area contributed by atoms with Crippen LogP contribution in [0.1, 0.15) is 18.1 Å². The van der Waals surface area contributed by atoms with Crippen LogP contribution in [0.2, 0.25) is 5.02 Å². The van der Waals surface area contributed by atoms with E-state index in [2.05, 4.69) is 5.32 Å². The highest BCUT2D eigenvalue weighted by atomic mass is 35.5. The topological polar surface area (TPSA) is 49.4 Å². The molecule has 164 valence electrons. The van der Waals surface area contributed by atoms with Gasteiger partial charge in [-0.25, -0.2) is 4.39 Å². The number of hydrogen-bond acceptors (Lipinski definition) is 3. The molecule has 0 aromatic heterocycles. The molecular formula is C25H22ClFN2O2S. The number of benzene rings is 3. The molecule has 1 aliphatic heterocycles. The predicted molar refractivity (Wildman–Crippen MR) is 126 cm³/mol. The molecular weight excluding hydrogens is 447 g/mol. The third-order valence-electron chi connectivity index (χ3n) is 5.45. The zero-order valence-corrected chi connectivity index (χ0v) is 19.0. The fourth-order valence-corrected chi connectivity index (χ4v) is 5.02. The summed E-state index contributed by atoms with van der Waals surface area (Å²) in [6.07, 6.45) is 0. The van der Waals surface area contributed by atoms with Crippen molar-refractivity contribution in [1.29, 1.82) is 0 Å². The van der Waals surface area contributed by atoms with Gasteiger partial charge in [0.15, 0.2) is 0 Å². The van der Waals surface area contributed by atoms with Gasteiger partial charge in [-0.2, -0.15) is 0 Å². The minimum Gasteiger partial charge on any atom is -0.352 e. The molecule has 1 aliphatic rings. The summed E-state index contributed by atoms with van der Waals surface area (Å²) in [7, 11) is 0. The maximum atomic E-state index is 14.3. The van der Waals surface area contributed by atoms with Crippen LogP contribution in [0.4, 0.5) is 10.1 Å². The second kappa shape index (κ2) is 9.76. The Balaban J connectivity index is 1.53. The number of rotatable bonds is 6. The molecule has 3 aromatic carbocycles. The lowest BCUT2D eigenvalue weighted by Gasteiger charge is -2.35.